The van der Waals surface area contributed by atoms with E-state index in [0.717, 1.165) is 45.4 Å². The summed E-state index contributed by atoms with van der Waals surface area (Å²) in [5.41, 5.74) is -2.97. The SMILES string of the molecule is CC(C)O.O=C(NCc1cc(C(F)(F)F)cc(C(F)(F)F)c1)[C@H]1CC[C@@H](N2CCCC3COCCC32)C1. The maximum atomic E-state index is 13.1. The van der Waals surface area contributed by atoms with Crippen molar-refractivity contribution in [3.8, 4) is 0 Å². The Balaban J connectivity index is 0.000000886. The molecule has 0 spiro atoms. The fraction of sp³-hybridized carbons (Fsp3) is 0.731. The van der Waals surface area contributed by atoms with Gasteiger partial charge in [0.15, 0.2) is 0 Å². The molecule has 2 saturated heterocycles. The molecular weight excluding hydrogens is 502 g/mol. The first-order valence-electron chi connectivity index (χ1n) is 12.8. The largest absolute Gasteiger partial charge is 0.416 e. The van der Waals surface area contributed by atoms with E-state index in [1.807, 2.05) is 0 Å². The number of aliphatic hydroxyl groups is 1. The van der Waals surface area contributed by atoms with Gasteiger partial charge in [-0.25, -0.2) is 0 Å². The topological polar surface area (TPSA) is 61.8 Å². The lowest BCUT2D eigenvalue weighted by molar-refractivity contribution is -0.143. The minimum absolute atomic E-state index is 0.0923. The van der Waals surface area contributed by atoms with Gasteiger partial charge in [-0.2, -0.15) is 26.3 Å². The second-order valence-corrected chi connectivity index (χ2v) is 10.5. The Bertz CT molecular complexity index is 868. The molecule has 1 saturated carbocycles. The Morgan fingerprint density at radius 2 is 1.68 bits per heavy atom. The molecule has 2 aliphatic heterocycles. The summed E-state index contributed by atoms with van der Waals surface area (Å²) in [6.07, 6.45) is -4.57. The van der Waals surface area contributed by atoms with Crippen molar-refractivity contribution in [1.29, 1.82) is 0 Å². The normalized spacial score (nSPS) is 26.9. The second kappa shape index (κ2) is 12.3. The lowest BCUT2D eigenvalue weighted by atomic mass is 9.85. The maximum Gasteiger partial charge on any atom is 0.416 e. The smallest absolute Gasteiger partial charge is 0.394 e. The first-order valence-corrected chi connectivity index (χ1v) is 12.8. The summed E-state index contributed by atoms with van der Waals surface area (Å²) in [5, 5.41) is 10.6. The van der Waals surface area contributed by atoms with Crippen LogP contribution in [-0.4, -0.2) is 53.9 Å². The highest BCUT2D eigenvalue weighted by molar-refractivity contribution is 5.79. The van der Waals surface area contributed by atoms with Gasteiger partial charge in [0.2, 0.25) is 5.91 Å². The summed E-state index contributed by atoms with van der Waals surface area (Å²) in [5.74, 6) is -0.0868. The molecule has 37 heavy (non-hydrogen) atoms. The van der Waals surface area contributed by atoms with E-state index in [1.165, 1.54) is 0 Å². The zero-order chi connectivity index (χ0) is 27.4. The monoisotopic (exact) mass is 538 g/mol. The number of likely N-dealkylation sites (tertiary alicyclic amines) is 1. The molecule has 4 atom stereocenters. The molecule has 4 rings (SSSR count). The number of hydrogen-bond donors (Lipinski definition) is 2. The minimum atomic E-state index is -4.91. The third-order valence-corrected chi connectivity index (χ3v) is 7.21. The number of aliphatic hydroxyl groups excluding tert-OH is 1. The fourth-order valence-electron chi connectivity index (χ4n) is 5.61. The van der Waals surface area contributed by atoms with E-state index >= 15 is 0 Å². The number of ether oxygens (including phenoxy) is 1. The summed E-state index contributed by atoms with van der Waals surface area (Å²) in [4.78, 5) is 15.2. The number of alkyl halides is 6. The zero-order valence-electron chi connectivity index (χ0n) is 21.2. The van der Waals surface area contributed by atoms with Crippen LogP contribution in [0.1, 0.15) is 69.1 Å². The summed E-state index contributed by atoms with van der Waals surface area (Å²) < 4.78 is 83.9. The van der Waals surface area contributed by atoms with Gasteiger partial charge >= 0.3 is 12.4 Å². The van der Waals surface area contributed by atoms with Gasteiger partial charge in [0.05, 0.1) is 17.7 Å². The highest BCUT2D eigenvalue weighted by Crippen LogP contribution is 2.38. The van der Waals surface area contributed by atoms with Crippen LogP contribution in [0.2, 0.25) is 0 Å². The quantitative estimate of drug-likeness (QED) is 0.505. The van der Waals surface area contributed by atoms with E-state index in [0.29, 0.717) is 36.9 Å². The van der Waals surface area contributed by atoms with Crippen molar-refractivity contribution in [2.45, 2.75) is 89.5 Å². The summed E-state index contributed by atoms with van der Waals surface area (Å²) >= 11 is 0. The van der Waals surface area contributed by atoms with Gasteiger partial charge < -0.3 is 15.2 Å². The molecule has 0 bridgehead atoms. The van der Waals surface area contributed by atoms with Crippen LogP contribution in [0.5, 0.6) is 0 Å². The Hall–Kier alpha value is -1.85. The molecule has 1 aromatic carbocycles. The van der Waals surface area contributed by atoms with Gasteiger partial charge in [-0.15, -0.1) is 0 Å². The van der Waals surface area contributed by atoms with Crippen LogP contribution in [0.15, 0.2) is 18.2 Å². The average Bonchev–Trinajstić information content (AvgIpc) is 3.31. The van der Waals surface area contributed by atoms with Crippen molar-refractivity contribution in [3.63, 3.8) is 0 Å². The van der Waals surface area contributed by atoms with Crippen LogP contribution in [0, 0.1) is 11.8 Å². The summed E-state index contributed by atoms with van der Waals surface area (Å²) in [6.45, 7) is 5.57. The van der Waals surface area contributed by atoms with Gasteiger partial charge in [-0.3, -0.25) is 9.69 Å². The van der Waals surface area contributed by atoms with Gasteiger partial charge in [0.25, 0.3) is 0 Å². The third-order valence-electron chi connectivity index (χ3n) is 7.21. The first kappa shape index (κ1) is 29.7. The summed E-state index contributed by atoms with van der Waals surface area (Å²) in [6, 6.07) is 2.15. The van der Waals surface area contributed by atoms with Gasteiger partial charge in [-0.1, -0.05) is 0 Å². The molecule has 0 aromatic heterocycles. The van der Waals surface area contributed by atoms with E-state index in [9.17, 15) is 31.1 Å². The lowest BCUT2D eigenvalue weighted by Crippen LogP contribution is -2.53. The van der Waals surface area contributed by atoms with Crippen molar-refractivity contribution in [3.05, 3.63) is 34.9 Å². The van der Waals surface area contributed by atoms with Crippen molar-refractivity contribution < 1.29 is 41.0 Å². The van der Waals surface area contributed by atoms with E-state index in [1.54, 1.807) is 13.8 Å². The number of nitrogens with one attached hydrogen (secondary N) is 1. The second-order valence-electron chi connectivity index (χ2n) is 10.5. The van der Waals surface area contributed by atoms with Crippen molar-refractivity contribution in [2.24, 2.45) is 11.8 Å². The van der Waals surface area contributed by atoms with E-state index < -0.39 is 23.5 Å². The van der Waals surface area contributed by atoms with E-state index in [4.69, 9.17) is 9.84 Å². The van der Waals surface area contributed by atoms with Gasteiger partial charge in [0.1, 0.15) is 0 Å². The third kappa shape index (κ3) is 8.32. The van der Waals surface area contributed by atoms with Gasteiger partial charge in [-0.05, 0) is 88.6 Å². The molecule has 2 unspecified atom stereocenters. The van der Waals surface area contributed by atoms with Crippen molar-refractivity contribution in [1.82, 2.24) is 10.2 Å². The first-order chi connectivity index (χ1) is 17.3. The van der Waals surface area contributed by atoms with E-state index in [-0.39, 0.29) is 42.1 Å². The number of piperidine rings is 1. The number of amides is 1. The maximum absolute atomic E-state index is 13.1. The zero-order valence-corrected chi connectivity index (χ0v) is 21.2. The number of nitrogens with zero attached hydrogens (tertiary/aromatic N) is 1. The molecule has 0 radical (unpaired) electrons. The molecule has 1 aliphatic carbocycles. The van der Waals surface area contributed by atoms with Crippen LogP contribution >= 0.6 is 0 Å². The Labute approximate surface area is 213 Å². The highest BCUT2D eigenvalue weighted by atomic mass is 19.4. The molecule has 3 fully saturated rings. The van der Waals surface area contributed by atoms with Crippen LogP contribution in [-0.2, 0) is 28.4 Å². The number of benzene rings is 1. The minimum Gasteiger partial charge on any atom is -0.394 e. The van der Waals surface area contributed by atoms with Crippen LogP contribution < -0.4 is 5.32 Å². The Kier molecular flexibility index (Phi) is 9.90. The average molecular weight is 539 g/mol. The predicted octanol–water partition coefficient (Wildman–Crippen LogP) is 5.40. The molecule has 5 nitrogen and oxygen atoms in total. The highest BCUT2D eigenvalue weighted by Gasteiger charge is 2.41. The molecule has 11 heteroatoms. The van der Waals surface area contributed by atoms with Crippen LogP contribution in [0.4, 0.5) is 26.3 Å². The lowest BCUT2D eigenvalue weighted by Gasteiger charge is -2.46. The Morgan fingerprint density at radius 1 is 1.05 bits per heavy atom. The van der Waals surface area contributed by atoms with Crippen LogP contribution in [0.25, 0.3) is 0 Å². The molecule has 210 valence electrons. The molecule has 3 aliphatic rings. The van der Waals surface area contributed by atoms with Gasteiger partial charge in [0, 0.05) is 37.3 Å². The molecule has 2 heterocycles. The predicted molar refractivity (Wildman–Crippen MR) is 125 cm³/mol. The number of hydrogen-bond acceptors (Lipinski definition) is 4. The molecule has 1 aromatic rings. The van der Waals surface area contributed by atoms with Crippen molar-refractivity contribution in [2.75, 3.05) is 19.8 Å². The molecule has 2 N–H and O–H groups in total. The Morgan fingerprint density at radius 3 is 2.27 bits per heavy atom. The van der Waals surface area contributed by atoms with Crippen molar-refractivity contribution >= 4 is 5.91 Å². The number of fused-ring (bicyclic) bond motifs is 1. The number of halogens is 6. The van der Waals surface area contributed by atoms with E-state index in [2.05, 4.69) is 10.2 Å². The number of carbonyl (C=O) groups is 1. The number of carbonyl (C=O) groups excluding carboxylic acids is 1. The number of rotatable bonds is 4. The van der Waals surface area contributed by atoms with Crippen LogP contribution in [0.3, 0.4) is 0 Å². The fourth-order valence-corrected chi connectivity index (χ4v) is 5.61. The summed E-state index contributed by atoms with van der Waals surface area (Å²) in [7, 11) is 0. The standard InChI is InChI=1S/C23H28F6N2O2.C3H8O/c24-22(25,26)17-8-14(9-18(11-17)23(27,28)29)12-30-21(32)15-3-4-19(10-15)31-6-1-2-16-13-33-7-5-20(16)31;1-3(2)4/h8-9,11,15-16,19-20H,1-7,10,12-13H2,(H,30,32);3-4H,1-2H3/t15-,16?,19+,20?;/m0./s1. The molecular formula is C26H36F6N2O3. The molecule has 1 amide bonds.